The standard InChI is InChI=1S/C20H21F3N6O/c1-25-17-12-7-8-14(26-18(12)28-19(24)27-17)16-13(20(21,22)23)5-2-6-15(16)29-9-3-4-11(29)10-30/h2,5-8,11,30H,3-4,9-10H2,1H3,(H3,24,25,26,27,28)/t11-/m0/s1. The van der Waals surface area contributed by atoms with Crippen molar-refractivity contribution in [3.63, 3.8) is 0 Å². The molecule has 0 aliphatic carbocycles. The predicted molar refractivity (Wildman–Crippen MR) is 109 cm³/mol. The molecule has 3 heterocycles. The van der Waals surface area contributed by atoms with Crippen molar-refractivity contribution in [3.8, 4) is 11.3 Å². The van der Waals surface area contributed by atoms with Crippen molar-refractivity contribution in [2.24, 2.45) is 0 Å². The van der Waals surface area contributed by atoms with Gasteiger partial charge in [-0.25, -0.2) is 4.98 Å². The average molecular weight is 418 g/mol. The average Bonchev–Trinajstić information content (AvgIpc) is 3.20. The monoisotopic (exact) mass is 418 g/mol. The Labute approximate surface area is 170 Å². The number of nitrogen functional groups attached to an aromatic ring is 1. The summed E-state index contributed by atoms with van der Waals surface area (Å²) in [5.41, 5.74) is 5.65. The minimum absolute atomic E-state index is 0.0271. The van der Waals surface area contributed by atoms with Crippen molar-refractivity contribution in [2.45, 2.75) is 25.1 Å². The summed E-state index contributed by atoms with van der Waals surface area (Å²) in [6, 6.07) is 6.99. The zero-order valence-electron chi connectivity index (χ0n) is 16.2. The van der Waals surface area contributed by atoms with Gasteiger partial charge in [0.05, 0.1) is 29.3 Å². The molecule has 158 valence electrons. The molecule has 4 rings (SSSR count). The molecule has 30 heavy (non-hydrogen) atoms. The number of pyridine rings is 1. The van der Waals surface area contributed by atoms with Gasteiger partial charge in [0.15, 0.2) is 5.65 Å². The third-order valence-electron chi connectivity index (χ3n) is 5.32. The Morgan fingerprint density at radius 3 is 2.70 bits per heavy atom. The maximum atomic E-state index is 13.9. The Hall–Kier alpha value is -3.14. The van der Waals surface area contributed by atoms with Crippen LogP contribution in [0.5, 0.6) is 0 Å². The lowest BCUT2D eigenvalue weighted by molar-refractivity contribution is -0.137. The first-order valence-corrected chi connectivity index (χ1v) is 9.53. The predicted octanol–water partition coefficient (Wildman–Crippen LogP) is 3.30. The number of hydrogen-bond acceptors (Lipinski definition) is 7. The first kappa shape index (κ1) is 20.1. The van der Waals surface area contributed by atoms with E-state index in [1.165, 1.54) is 12.1 Å². The molecule has 10 heteroatoms. The van der Waals surface area contributed by atoms with Gasteiger partial charge in [-0.2, -0.15) is 23.1 Å². The van der Waals surface area contributed by atoms with E-state index in [4.69, 9.17) is 5.73 Å². The van der Waals surface area contributed by atoms with Crippen molar-refractivity contribution in [2.75, 3.05) is 36.1 Å². The molecule has 1 saturated heterocycles. The van der Waals surface area contributed by atoms with Crippen LogP contribution in [0.3, 0.4) is 0 Å². The normalized spacial score (nSPS) is 17.0. The van der Waals surface area contributed by atoms with Crippen molar-refractivity contribution < 1.29 is 18.3 Å². The topological polar surface area (TPSA) is 100 Å². The Bertz CT molecular complexity index is 1090. The molecule has 0 bridgehead atoms. The van der Waals surface area contributed by atoms with Gasteiger partial charge in [-0.1, -0.05) is 6.07 Å². The van der Waals surface area contributed by atoms with E-state index in [-0.39, 0.29) is 35.5 Å². The van der Waals surface area contributed by atoms with Crippen molar-refractivity contribution >= 4 is 28.5 Å². The highest BCUT2D eigenvalue weighted by molar-refractivity contribution is 5.91. The van der Waals surface area contributed by atoms with Gasteiger partial charge in [0.1, 0.15) is 5.82 Å². The molecule has 1 aromatic carbocycles. The molecule has 7 nitrogen and oxygen atoms in total. The maximum Gasteiger partial charge on any atom is 0.417 e. The lowest BCUT2D eigenvalue weighted by atomic mass is 9.99. The fourth-order valence-electron chi connectivity index (χ4n) is 3.98. The SMILES string of the molecule is CNc1nc(N)nc2nc(-c3c(N4CCC[C@H]4CO)cccc3C(F)(F)F)ccc12. The molecule has 1 aliphatic rings. The molecular formula is C20H21F3N6O. The van der Waals surface area contributed by atoms with Crippen LogP contribution in [0.15, 0.2) is 30.3 Å². The number of halogens is 3. The van der Waals surface area contributed by atoms with Crippen LogP contribution in [0.4, 0.5) is 30.6 Å². The van der Waals surface area contributed by atoms with Gasteiger partial charge in [-0.3, -0.25) is 0 Å². The molecular weight excluding hydrogens is 397 g/mol. The van der Waals surface area contributed by atoms with Gasteiger partial charge in [-0.05, 0) is 37.1 Å². The summed E-state index contributed by atoms with van der Waals surface area (Å²) in [5.74, 6) is 0.418. The minimum atomic E-state index is -4.57. The number of nitrogens with zero attached hydrogens (tertiary/aromatic N) is 4. The number of anilines is 3. The number of nitrogens with two attached hydrogens (primary N) is 1. The second-order valence-corrected chi connectivity index (χ2v) is 7.12. The van der Waals surface area contributed by atoms with Crippen LogP contribution < -0.4 is 16.0 Å². The minimum Gasteiger partial charge on any atom is -0.394 e. The number of aromatic nitrogens is 3. The van der Waals surface area contributed by atoms with E-state index in [9.17, 15) is 18.3 Å². The van der Waals surface area contributed by atoms with E-state index < -0.39 is 11.7 Å². The van der Waals surface area contributed by atoms with Gasteiger partial charge in [0, 0.05) is 24.8 Å². The van der Waals surface area contributed by atoms with E-state index in [0.29, 0.717) is 29.9 Å². The Morgan fingerprint density at radius 1 is 1.20 bits per heavy atom. The van der Waals surface area contributed by atoms with Gasteiger partial charge in [0.25, 0.3) is 0 Å². The van der Waals surface area contributed by atoms with Crippen molar-refractivity contribution in [3.05, 3.63) is 35.9 Å². The lowest BCUT2D eigenvalue weighted by Gasteiger charge is -2.29. The Kier molecular flexibility index (Phi) is 5.10. The molecule has 2 aromatic heterocycles. The highest BCUT2D eigenvalue weighted by Crippen LogP contribution is 2.43. The zero-order chi connectivity index (χ0) is 21.5. The van der Waals surface area contributed by atoms with E-state index in [0.717, 1.165) is 12.5 Å². The molecule has 3 aromatic rings. The molecule has 4 N–H and O–H groups in total. The molecule has 0 spiro atoms. The van der Waals surface area contributed by atoms with Crippen LogP contribution in [0, 0.1) is 0 Å². The second-order valence-electron chi connectivity index (χ2n) is 7.12. The fraction of sp³-hybridized carbons (Fsp3) is 0.350. The highest BCUT2D eigenvalue weighted by Gasteiger charge is 2.37. The molecule has 0 amide bonds. The van der Waals surface area contributed by atoms with Gasteiger partial charge < -0.3 is 21.1 Å². The van der Waals surface area contributed by atoms with Crippen molar-refractivity contribution in [1.29, 1.82) is 0 Å². The molecule has 1 fully saturated rings. The van der Waals surface area contributed by atoms with E-state index in [2.05, 4.69) is 20.3 Å². The quantitative estimate of drug-likeness (QED) is 0.598. The van der Waals surface area contributed by atoms with Gasteiger partial charge >= 0.3 is 6.18 Å². The molecule has 0 saturated carbocycles. The van der Waals surface area contributed by atoms with Crippen LogP contribution >= 0.6 is 0 Å². The Morgan fingerprint density at radius 2 is 2.00 bits per heavy atom. The molecule has 1 atom stereocenters. The summed E-state index contributed by atoms with van der Waals surface area (Å²) in [6.45, 7) is 0.433. The third kappa shape index (κ3) is 3.47. The fourth-order valence-corrected chi connectivity index (χ4v) is 3.98. The molecule has 1 aliphatic heterocycles. The number of rotatable bonds is 4. The first-order chi connectivity index (χ1) is 14.3. The molecule has 0 radical (unpaired) electrons. The zero-order valence-corrected chi connectivity index (χ0v) is 16.2. The second kappa shape index (κ2) is 7.60. The van der Waals surface area contributed by atoms with Crippen molar-refractivity contribution in [1.82, 2.24) is 15.0 Å². The summed E-state index contributed by atoms with van der Waals surface area (Å²) in [6.07, 6.45) is -3.06. The molecule has 0 unspecified atom stereocenters. The lowest BCUT2D eigenvalue weighted by Crippen LogP contribution is -2.32. The summed E-state index contributed by atoms with van der Waals surface area (Å²) in [4.78, 5) is 14.4. The number of fused-ring (bicyclic) bond motifs is 1. The smallest absolute Gasteiger partial charge is 0.394 e. The summed E-state index contributed by atoms with van der Waals surface area (Å²) in [5, 5.41) is 13.1. The van der Waals surface area contributed by atoms with Crippen LogP contribution in [0.25, 0.3) is 22.3 Å². The number of aliphatic hydroxyl groups is 1. The number of aliphatic hydroxyl groups excluding tert-OH is 1. The summed E-state index contributed by atoms with van der Waals surface area (Å²) < 4.78 is 41.8. The number of hydrogen-bond donors (Lipinski definition) is 3. The highest BCUT2D eigenvalue weighted by atomic mass is 19.4. The number of benzene rings is 1. The summed E-state index contributed by atoms with van der Waals surface area (Å²) >= 11 is 0. The summed E-state index contributed by atoms with van der Waals surface area (Å²) in [7, 11) is 1.66. The Balaban J connectivity index is 1.97. The van der Waals surface area contributed by atoms with E-state index >= 15 is 0 Å². The number of nitrogens with one attached hydrogen (secondary N) is 1. The van der Waals surface area contributed by atoms with Gasteiger partial charge in [0.2, 0.25) is 5.95 Å². The maximum absolute atomic E-state index is 13.9. The van der Waals surface area contributed by atoms with Crippen LogP contribution in [-0.4, -0.2) is 46.3 Å². The largest absolute Gasteiger partial charge is 0.417 e. The van der Waals surface area contributed by atoms with E-state index in [1.54, 1.807) is 19.2 Å². The van der Waals surface area contributed by atoms with E-state index in [1.807, 2.05) is 4.90 Å². The number of alkyl halides is 3. The van der Waals surface area contributed by atoms with Crippen LogP contribution in [0.1, 0.15) is 18.4 Å². The first-order valence-electron chi connectivity index (χ1n) is 9.53. The third-order valence-corrected chi connectivity index (χ3v) is 5.32. The van der Waals surface area contributed by atoms with Crippen LogP contribution in [-0.2, 0) is 6.18 Å². The van der Waals surface area contributed by atoms with Crippen LogP contribution in [0.2, 0.25) is 0 Å². The van der Waals surface area contributed by atoms with Gasteiger partial charge in [-0.15, -0.1) is 0 Å².